The van der Waals surface area contributed by atoms with Gasteiger partial charge in [-0.05, 0) is 35.7 Å². The second-order valence-corrected chi connectivity index (χ2v) is 6.60. The molecule has 2 atom stereocenters. The molecule has 0 spiro atoms. The minimum absolute atomic E-state index is 0.489. The van der Waals surface area contributed by atoms with Gasteiger partial charge in [0.2, 0.25) is 0 Å². The predicted octanol–water partition coefficient (Wildman–Crippen LogP) is 4.47. The number of para-hydroxylation sites is 1. The molecule has 1 unspecified atom stereocenters. The fourth-order valence-electron chi connectivity index (χ4n) is 3.44. The largest absolute Gasteiger partial charge is 0.457 e. The predicted molar refractivity (Wildman–Crippen MR) is 99.6 cm³/mol. The maximum absolute atomic E-state index is 5.92. The molecule has 1 saturated heterocycles. The number of ether oxygens (including phenoxy) is 1. The summed E-state index contributed by atoms with van der Waals surface area (Å²) in [6.07, 6.45) is 1.19. The fraction of sp³-hybridized carbons (Fsp3) is 0.429. The van der Waals surface area contributed by atoms with Crippen LogP contribution in [0.25, 0.3) is 0 Å². The highest BCUT2D eigenvalue weighted by Crippen LogP contribution is 2.32. The molecule has 1 N–H and O–H groups in total. The lowest BCUT2D eigenvalue weighted by Crippen LogP contribution is -2.46. The molecule has 1 aliphatic heterocycles. The van der Waals surface area contributed by atoms with Crippen LogP contribution in [0, 0.1) is 5.92 Å². The Kier molecular flexibility index (Phi) is 5.89. The van der Waals surface area contributed by atoms with Gasteiger partial charge in [0.25, 0.3) is 0 Å². The van der Waals surface area contributed by atoms with Crippen LogP contribution in [-0.2, 0) is 0 Å². The molecule has 0 aliphatic carbocycles. The lowest BCUT2D eigenvalue weighted by atomic mass is 9.90. The molecule has 3 rings (SSSR count). The highest BCUT2D eigenvalue weighted by Gasteiger charge is 2.26. The Morgan fingerprint density at radius 3 is 2.21 bits per heavy atom. The number of hydrogen-bond acceptors (Lipinski definition) is 3. The first-order valence-electron chi connectivity index (χ1n) is 9.05. The summed E-state index contributed by atoms with van der Waals surface area (Å²) in [7, 11) is 0. The Hall–Kier alpha value is -1.84. The third kappa shape index (κ3) is 4.16. The molecule has 2 aromatic carbocycles. The molecule has 3 nitrogen and oxygen atoms in total. The van der Waals surface area contributed by atoms with Crippen LogP contribution >= 0.6 is 0 Å². The fourth-order valence-corrected chi connectivity index (χ4v) is 3.44. The number of nitrogens with zero attached hydrogens (tertiary/aromatic N) is 1. The Morgan fingerprint density at radius 1 is 0.958 bits per heavy atom. The van der Waals surface area contributed by atoms with Crippen LogP contribution in [0.5, 0.6) is 11.5 Å². The van der Waals surface area contributed by atoms with E-state index < -0.39 is 0 Å². The molecule has 1 fully saturated rings. The van der Waals surface area contributed by atoms with Gasteiger partial charge in [0, 0.05) is 32.2 Å². The number of nitrogens with one attached hydrogen (secondary N) is 1. The van der Waals surface area contributed by atoms with E-state index >= 15 is 0 Å². The number of benzene rings is 2. The lowest BCUT2D eigenvalue weighted by molar-refractivity contribution is 0.128. The van der Waals surface area contributed by atoms with Gasteiger partial charge in [-0.25, -0.2) is 0 Å². The van der Waals surface area contributed by atoms with Gasteiger partial charge in [0.05, 0.1) is 0 Å². The highest BCUT2D eigenvalue weighted by atomic mass is 16.5. The van der Waals surface area contributed by atoms with Crippen LogP contribution in [0.4, 0.5) is 0 Å². The SMILES string of the molecule is CCC(C)[C@@H](c1ccc(Oc2ccccc2)cc1)N1CCNCC1. The van der Waals surface area contributed by atoms with E-state index in [0.29, 0.717) is 12.0 Å². The average molecular weight is 324 g/mol. The summed E-state index contributed by atoms with van der Waals surface area (Å²) in [5.74, 6) is 2.42. The van der Waals surface area contributed by atoms with Crippen LogP contribution < -0.4 is 10.1 Å². The molecular formula is C21H28N2O. The molecule has 24 heavy (non-hydrogen) atoms. The van der Waals surface area contributed by atoms with Crippen molar-refractivity contribution in [3.63, 3.8) is 0 Å². The first-order valence-corrected chi connectivity index (χ1v) is 9.05. The maximum atomic E-state index is 5.92. The van der Waals surface area contributed by atoms with Crippen LogP contribution in [0.2, 0.25) is 0 Å². The van der Waals surface area contributed by atoms with E-state index in [2.05, 4.69) is 48.3 Å². The molecule has 0 amide bonds. The molecule has 1 heterocycles. The lowest BCUT2D eigenvalue weighted by Gasteiger charge is -2.38. The Labute approximate surface area is 145 Å². The molecule has 128 valence electrons. The zero-order chi connectivity index (χ0) is 16.8. The Bertz CT molecular complexity index is 605. The van der Waals surface area contributed by atoms with Gasteiger partial charge in [0.1, 0.15) is 11.5 Å². The van der Waals surface area contributed by atoms with Gasteiger partial charge in [0.15, 0.2) is 0 Å². The van der Waals surface area contributed by atoms with E-state index in [4.69, 9.17) is 4.74 Å². The molecule has 0 aromatic heterocycles. The van der Waals surface area contributed by atoms with E-state index in [0.717, 1.165) is 37.7 Å². The maximum Gasteiger partial charge on any atom is 0.127 e. The minimum Gasteiger partial charge on any atom is -0.457 e. The van der Waals surface area contributed by atoms with E-state index in [-0.39, 0.29) is 0 Å². The molecule has 1 aliphatic rings. The average Bonchev–Trinajstić information content (AvgIpc) is 2.65. The third-order valence-electron chi connectivity index (χ3n) is 4.93. The van der Waals surface area contributed by atoms with Crippen LogP contribution in [-0.4, -0.2) is 31.1 Å². The molecule has 0 radical (unpaired) electrons. The van der Waals surface area contributed by atoms with Crippen molar-refractivity contribution in [1.82, 2.24) is 10.2 Å². The summed E-state index contributed by atoms with van der Waals surface area (Å²) >= 11 is 0. The monoisotopic (exact) mass is 324 g/mol. The number of rotatable bonds is 6. The van der Waals surface area contributed by atoms with Crippen LogP contribution in [0.1, 0.15) is 31.9 Å². The van der Waals surface area contributed by atoms with Gasteiger partial charge < -0.3 is 10.1 Å². The van der Waals surface area contributed by atoms with E-state index in [9.17, 15) is 0 Å². The van der Waals surface area contributed by atoms with Gasteiger partial charge in [-0.1, -0.05) is 50.6 Å². The summed E-state index contributed by atoms with van der Waals surface area (Å²) in [5, 5.41) is 3.45. The summed E-state index contributed by atoms with van der Waals surface area (Å²) in [4.78, 5) is 2.62. The molecule has 0 bridgehead atoms. The first kappa shape index (κ1) is 17.0. The molecule has 3 heteroatoms. The zero-order valence-electron chi connectivity index (χ0n) is 14.7. The summed E-state index contributed by atoms with van der Waals surface area (Å²) < 4.78 is 5.92. The summed E-state index contributed by atoms with van der Waals surface area (Å²) in [6, 6.07) is 19.1. The first-order chi connectivity index (χ1) is 11.8. The zero-order valence-corrected chi connectivity index (χ0v) is 14.7. The van der Waals surface area contributed by atoms with Crippen molar-refractivity contribution in [1.29, 1.82) is 0 Å². The van der Waals surface area contributed by atoms with E-state index in [1.54, 1.807) is 0 Å². The van der Waals surface area contributed by atoms with Crippen molar-refractivity contribution in [2.45, 2.75) is 26.3 Å². The molecule has 0 saturated carbocycles. The van der Waals surface area contributed by atoms with Gasteiger partial charge in [-0.15, -0.1) is 0 Å². The van der Waals surface area contributed by atoms with Crippen molar-refractivity contribution in [3.8, 4) is 11.5 Å². The van der Waals surface area contributed by atoms with Crippen LogP contribution in [0.15, 0.2) is 54.6 Å². The van der Waals surface area contributed by atoms with Crippen LogP contribution in [0.3, 0.4) is 0 Å². The summed E-state index contributed by atoms with van der Waals surface area (Å²) in [5.41, 5.74) is 1.40. The normalized spacial score (nSPS) is 18.1. The van der Waals surface area contributed by atoms with Gasteiger partial charge in [-0.3, -0.25) is 4.90 Å². The smallest absolute Gasteiger partial charge is 0.127 e. The topological polar surface area (TPSA) is 24.5 Å². The van der Waals surface area contributed by atoms with Crippen molar-refractivity contribution >= 4 is 0 Å². The minimum atomic E-state index is 0.489. The molecule has 2 aromatic rings. The summed E-state index contributed by atoms with van der Waals surface area (Å²) in [6.45, 7) is 9.06. The Balaban J connectivity index is 1.75. The standard InChI is InChI=1S/C21H28N2O/c1-3-17(2)21(23-15-13-22-14-16-23)18-9-11-20(12-10-18)24-19-7-5-4-6-8-19/h4-12,17,21-22H,3,13-16H2,1-2H3/t17?,21-/m0/s1. The second kappa shape index (κ2) is 8.32. The Morgan fingerprint density at radius 2 is 1.58 bits per heavy atom. The van der Waals surface area contributed by atoms with Gasteiger partial charge in [-0.2, -0.15) is 0 Å². The van der Waals surface area contributed by atoms with Crippen molar-refractivity contribution in [3.05, 3.63) is 60.2 Å². The molecular weight excluding hydrogens is 296 g/mol. The van der Waals surface area contributed by atoms with E-state index in [1.165, 1.54) is 12.0 Å². The highest BCUT2D eigenvalue weighted by molar-refractivity contribution is 5.34. The van der Waals surface area contributed by atoms with Gasteiger partial charge >= 0.3 is 0 Å². The second-order valence-electron chi connectivity index (χ2n) is 6.60. The number of hydrogen-bond donors (Lipinski definition) is 1. The number of piperazine rings is 1. The van der Waals surface area contributed by atoms with E-state index in [1.807, 2.05) is 30.3 Å². The third-order valence-corrected chi connectivity index (χ3v) is 4.93. The quantitative estimate of drug-likeness (QED) is 0.848. The van der Waals surface area contributed by atoms with Crippen molar-refractivity contribution < 1.29 is 4.74 Å². The van der Waals surface area contributed by atoms with Crippen molar-refractivity contribution in [2.75, 3.05) is 26.2 Å². The van der Waals surface area contributed by atoms with Crippen molar-refractivity contribution in [2.24, 2.45) is 5.92 Å².